The smallest absolute Gasteiger partial charge is 0.255 e. The molecule has 1 aliphatic rings. The second-order valence-corrected chi connectivity index (χ2v) is 6.77. The maximum absolute atomic E-state index is 12.5. The van der Waals surface area contributed by atoms with Crippen LogP contribution >= 0.6 is 23.2 Å². The van der Waals surface area contributed by atoms with Crippen LogP contribution < -0.4 is 5.73 Å². The van der Waals surface area contributed by atoms with Crippen molar-refractivity contribution in [3.05, 3.63) is 33.8 Å². The third-order valence-electron chi connectivity index (χ3n) is 3.57. The molecule has 0 atom stereocenters. The number of nitrogens with two attached hydrogens (primary N) is 1. The highest BCUT2D eigenvalue weighted by molar-refractivity contribution is 6.36. The molecular weight excluding hydrogens is 325 g/mol. The average molecular weight is 344 g/mol. The Bertz CT molecular complexity index is 591. The number of hydrogen-bond acceptors (Lipinski definition) is 3. The van der Waals surface area contributed by atoms with Gasteiger partial charge < -0.3 is 15.5 Å². The van der Waals surface area contributed by atoms with Crippen molar-refractivity contribution < 1.29 is 9.59 Å². The van der Waals surface area contributed by atoms with Gasteiger partial charge in [-0.2, -0.15) is 0 Å². The Morgan fingerprint density at radius 3 is 2.14 bits per heavy atom. The van der Waals surface area contributed by atoms with E-state index in [9.17, 15) is 9.59 Å². The van der Waals surface area contributed by atoms with Gasteiger partial charge in [0.2, 0.25) is 5.91 Å². The van der Waals surface area contributed by atoms with Gasteiger partial charge in [-0.15, -0.1) is 0 Å². The molecule has 2 N–H and O–H groups in total. The molecule has 0 aromatic heterocycles. The number of halogens is 2. The minimum absolute atomic E-state index is 0.107. The number of carbonyl (C=O) groups excluding carboxylic acids is 2. The Morgan fingerprint density at radius 1 is 1.09 bits per heavy atom. The molecule has 1 aromatic carbocycles. The van der Waals surface area contributed by atoms with E-state index in [1.54, 1.807) is 41.8 Å². The number of piperazine rings is 1. The van der Waals surface area contributed by atoms with E-state index >= 15 is 0 Å². The van der Waals surface area contributed by atoms with Crippen LogP contribution in [0.1, 0.15) is 24.2 Å². The summed E-state index contributed by atoms with van der Waals surface area (Å²) in [6.45, 7) is 5.22. The molecule has 0 radical (unpaired) electrons. The van der Waals surface area contributed by atoms with Gasteiger partial charge in [-0.1, -0.05) is 23.2 Å². The minimum Gasteiger partial charge on any atom is -0.338 e. The van der Waals surface area contributed by atoms with E-state index in [4.69, 9.17) is 28.9 Å². The van der Waals surface area contributed by atoms with Crippen molar-refractivity contribution in [1.29, 1.82) is 0 Å². The monoisotopic (exact) mass is 343 g/mol. The zero-order valence-electron chi connectivity index (χ0n) is 12.6. The largest absolute Gasteiger partial charge is 0.338 e. The predicted octanol–water partition coefficient (Wildman–Crippen LogP) is 2.02. The van der Waals surface area contributed by atoms with Crippen LogP contribution in [0.2, 0.25) is 10.0 Å². The Kier molecular flexibility index (Phi) is 5.00. The number of nitrogens with zero attached hydrogens (tertiary/aromatic N) is 2. The molecule has 120 valence electrons. The molecule has 2 amide bonds. The van der Waals surface area contributed by atoms with Gasteiger partial charge in [-0.25, -0.2) is 0 Å². The van der Waals surface area contributed by atoms with Crippen molar-refractivity contribution in [3.8, 4) is 0 Å². The van der Waals surface area contributed by atoms with Gasteiger partial charge in [0.05, 0.1) is 16.1 Å². The topological polar surface area (TPSA) is 66.6 Å². The molecule has 0 spiro atoms. The van der Waals surface area contributed by atoms with E-state index in [1.165, 1.54) is 0 Å². The first-order valence-electron chi connectivity index (χ1n) is 7.03. The van der Waals surface area contributed by atoms with Crippen molar-refractivity contribution in [2.75, 3.05) is 26.2 Å². The zero-order chi connectivity index (χ0) is 16.5. The summed E-state index contributed by atoms with van der Waals surface area (Å²) in [5, 5.41) is 0.821. The number of carbonyl (C=O) groups is 2. The van der Waals surface area contributed by atoms with E-state index in [0.717, 1.165) is 0 Å². The number of rotatable bonds is 2. The lowest BCUT2D eigenvalue weighted by atomic mass is 10.0. The highest BCUT2D eigenvalue weighted by Gasteiger charge is 2.31. The number of benzene rings is 1. The molecular formula is C15H19Cl2N3O2. The fourth-order valence-electron chi connectivity index (χ4n) is 2.35. The molecule has 1 aromatic rings. The van der Waals surface area contributed by atoms with E-state index < -0.39 is 5.54 Å². The van der Waals surface area contributed by atoms with Crippen LogP contribution in [0.25, 0.3) is 0 Å². The minimum atomic E-state index is -0.897. The fourth-order valence-corrected chi connectivity index (χ4v) is 2.84. The lowest BCUT2D eigenvalue weighted by molar-refractivity contribution is -0.137. The summed E-state index contributed by atoms with van der Waals surface area (Å²) >= 11 is 11.9. The maximum atomic E-state index is 12.5. The summed E-state index contributed by atoms with van der Waals surface area (Å²) < 4.78 is 0. The van der Waals surface area contributed by atoms with Crippen LogP contribution in [0.3, 0.4) is 0 Å². The van der Waals surface area contributed by atoms with Crippen LogP contribution in [0, 0.1) is 0 Å². The zero-order valence-corrected chi connectivity index (χ0v) is 14.1. The summed E-state index contributed by atoms with van der Waals surface area (Å²) in [7, 11) is 0. The molecule has 0 saturated carbocycles. The van der Waals surface area contributed by atoms with E-state index in [2.05, 4.69) is 0 Å². The quantitative estimate of drug-likeness (QED) is 0.893. The van der Waals surface area contributed by atoms with E-state index in [0.29, 0.717) is 41.8 Å². The lowest BCUT2D eigenvalue weighted by Crippen LogP contribution is -2.57. The average Bonchev–Trinajstić information content (AvgIpc) is 2.45. The molecule has 5 nitrogen and oxygen atoms in total. The van der Waals surface area contributed by atoms with E-state index in [1.807, 2.05) is 0 Å². The Hall–Kier alpha value is -1.30. The van der Waals surface area contributed by atoms with Gasteiger partial charge in [-0.05, 0) is 32.0 Å². The van der Waals surface area contributed by atoms with Crippen LogP contribution in [-0.2, 0) is 4.79 Å². The van der Waals surface area contributed by atoms with E-state index in [-0.39, 0.29) is 11.8 Å². The fraction of sp³-hybridized carbons (Fsp3) is 0.467. The number of amides is 2. The number of hydrogen-bond donors (Lipinski definition) is 1. The second kappa shape index (κ2) is 6.44. The molecule has 0 bridgehead atoms. The maximum Gasteiger partial charge on any atom is 0.255 e. The SMILES string of the molecule is CC(C)(N)C(=O)N1CCN(C(=O)c2ccc(Cl)cc2Cl)CC1. The summed E-state index contributed by atoms with van der Waals surface area (Å²) in [6.07, 6.45) is 0. The van der Waals surface area contributed by atoms with Crippen LogP contribution in [0.15, 0.2) is 18.2 Å². The molecule has 1 aliphatic heterocycles. The molecule has 1 saturated heterocycles. The molecule has 2 rings (SSSR count). The highest BCUT2D eigenvalue weighted by Crippen LogP contribution is 2.23. The van der Waals surface area contributed by atoms with Crippen molar-refractivity contribution in [3.63, 3.8) is 0 Å². The Balaban J connectivity index is 2.02. The van der Waals surface area contributed by atoms with Gasteiger partial charge in [0.15, 0.2) is 0 Å². The predicted molar refractivity (Wildman–Crippen MR) is 87.2 cm³/mol. The van der Waals surface area contributed by atoms with Gasteiger partial charge in [-0.3, -0.25) is 9.59 Å². The van der Waals surface area contributed by atoms with Crippen molar-refractivity contribution >= 4 is 35.0 Å². The Morgan fingerprint density at radius 2 is 1.64 bits per heavy atom. The summed E-state index contributed by atoms with van der Waals surface area (Å²) in [6, 6.07) is 4.80. The summed E-state index contributed by atoms with van der Waals surface area (Å²) in [4.78, 5) is 28.0. The van der Waals surface area contributed by atoms with Gasteiger partial charge in [0, 0.05) is 31.2 Å². The van der Waals surface area contributed by atoms with Gasteiger partial charge in [0.1, 0.15) is 0 Å². The molecule has 1 heterocycles. The first kappa shape index (κ1) is 17.1. The molecule has 1 fully saturated rings. The first-order chi connectivity index (χ1) is 10.2. The van der Waals surface area contributed by atoms with Crippen molar-refractivity contribution in [2.24, 2.45) is 5.73 Å². The lowest BCUT2D eigenvalue weighted by Gasteiger charge is -2.37. The third kappa shape index (κ3) is 3.72. The van der Waals surface area contributed by atoms with Crippen molar-refractivity contribution in [1.82, 2.24) is 9.80 Å². The van der Waals surface area contributed by atoms with Gasteiger partial charge >= 0.3 is 0 Å². The van der Waals surface area contributed by atoms with Crippen LogP contribution in [0.4, 0.5) is 0 Å². The summed E-state index contributed by atoms with van der Waals surface area (Å²) in [5.41, 5.74) is 5.35. The second-order valence-electron chi connectivity index (χ2n) is 5.93. The molecule has 22 heavy (non-hydrogen) atoms. The molecule has 0 aliphatic carbocycles. The van der Waals surface area contributed by atoms with Crippen LogP contribution in [-0.4, -0.2) is 53.3 Å². The molecule has 7 heteroatoms. The Labute approximate surface area is 139 Å². The third-order valence-corrected chi connectivity index (χ3v) is 4.11. The van der Waals surface area contributed by atoms with Crippen molar-refractivity contribution in [2.45, 2.75) is 19.4 Å². The summed E-state index contributed by atoms with van der Waals surface area (Å²) in [5.74, 6) is -0.259. The normalized spacial score (nSPS) is 15.9. The first-order valence-corrected chi connectivity index (χ1v) is 7.78. The standard InChI is InChI=1S/C15H19Cl2N3O2/c1-15(2,18)14(22)20-7-5-19(6-8-20)13(21)11-4-3-10(16)9-12(11)17/h3-4,9H,5-8,18H2,1-2H3. The van der Waals surface area contributed by atoms with Crippen LogP contribution in [0.5, 0.6) is 0 Å². The highest BCUT2D eigenvalue weighted by atomic mass is 35.5. The molecule has 0 unspecified atom stereocenters. The van der Waals surface area contributed by atoms with Gasteiger partial charge in [0.25, 0.3) is 5.91 Å².